The van der Waals surface area contributed by atoms with Crippen molar-refractivity contribution in [2.24, 2.45) is 0 Å². The Hall–Kier alpha value is -2.37. The van der Waals surface area contributed by atoms with Crippen LogP contribution >= 0.6 is 22.6 Å². The van der Waals surface area contributed by atoms with Crippen LogP contribution in [0.3, 0.4) is 0 Å². The number of hydrogen-bond donors (Lipinski definition) is 1. The number of nitrogens with one attached hydrogen (secondary N) is 1. The molecular formula is C23H30IN5O4. The second kappa shape index (κ2) is 9.47. The Morgan fingerprint density at radius 3 is 2.64 bits per heavy atom. The Labute approximate surface area is 207 Å². The quantitative estimate of drug-likeness (QED) is 0.545. The van der Waals surface area contributed by atoms with Gasteiger partial charge in [-0.05, 0) is 87.2 Å². The Bertz CT molecular complexity index is 1090. The Morgan fingerprint density at radius 2 is 1.97 bits per heavy atom. The van der Waals surface area contributed by atoms with Gasteiger partial charge < -0.3 is 19.7 Å². The first-order chi connectivity index (χ1) is 15.7. The number of nitrogens with zero attached hydrogens (tertiary/aromatic N) is 4. The van der Waals surface area contributed by atoms with Gasteiger partial charge in [-0.3, -0.25) is 9.36 Å². The molecule has 9 nitrogen and oxygen atoms in total. The maximum absolute atomic E-state index is 13.4. The highest BCUT2D eigenvalue weighted by Gasteiger charge is 2.32. The van der Waals surface area contributed by atoms with E-state index in [9.17, 15) is 9.59 Å². The lowest BCUT2D eigenvalue weighted by Crippen LogP contribution is -2.47. The molecule has 1 aromatic carbocycles. The van der Waals surface area contributed by atoms with Crippen molar-refractivity contribution in [2.45, 2.75) is 64.1 Å². The molecule has 178 valence electrons. The number of benzene rings is 1. The molecule has 1 aliphatic heterocycles. The molecule has 0 spiro atoms. The molecule has 1 saturated carbocycles. The summed E-state index contributed by atoms with van der Waals surface area (Å²) in [6.45, 7) is 6.64. The molecular weight excluding hydrogens is 537 g/mol. The molecule has 1 aliphatic carbocycles. The van der Waals surface area contributed by atoms with E-state index in [1.807, 2.05) is 39.0 Å². The van der Waals surface area contributed by atoms with Gasteiger partial charge in [0.25, 0.3) is 5.56 Å². The summed E-state index contributed by atoms with van der Waals surface area (Å²) in [6.07, 6.45) is 3.17. The largest absolute Gasteiger partial charge is 0.496 e. The number of carbonyl (C=O) groups is 1. The number of rotatable bonds is 5. The molecule has 2 aromatic rings. The summed E-state index contributed by atoms with van der Waals surface area (Å²) in [4.78, 5) is 27.6. The molecule has 1 atom stereocenters. The minimum absolute atomic E-state index is 0.0976. The second-order valence-electron chi connectivity index (χ2n) is 9.53. The maximum atomic E-state index is 13.4. The van der Waals surface area contributed by atoms with Crippen LogP contribution in [-0.4, -0.2) is 57.6 Å². The summed E-state index contributed by atoms with van der Waals surface area (Å²) in [5.41, 5.74) is 0.0000643. The molecule has 0 radical (unpaired) electrons. The van der Waals surface area contributed by atoms with Gasteiger partial charge in [0.05, 0.1) is 12.7 Å². The fourth-order valence-electron chi connectivity index (χ4n) is 3.97. The standard InChI is InChI=1S/C23H30IN5O4/c1-23(2,3)33-22(31)28-11-5-6-15(13-28)25-19-21(30)29(16-8-9-16)20(27-26-19)17-10-7-14(24)12-18(17)32-4/h7,10,12,15-16H,5-6,8-9,11,13H2,1-4H3,(H,25,26)/t15-/m1/s1. The molecule has 2 aliphatic rings. The molecule has 2 heterocycles. The lowest BCUT2D eigenvalue weighted by atomic mass is 10.1. The minimum Gasteiger partial charge on any atom is -0.496 e. The van der Waals surface area contributed by atoms with Gasteiger partial charge in [-0.2, -0.15) is 0 Å². The van der Waals surface area contributed by atoms with Gasteiger partial charge in [0.1, 0.15) is 11.4 Å². The zero-order chi connectivity index (χ0) is 23.8. The Morgan fingerprint density at radius 1 is 1.21 bits per heavy atom. The molecule has 4 rings (SSSR count). The lowest BCUT2D eigenvalue weighted by molar-refractivity contribution is 0.0206. The molecule has 1 saturated heterocycles. The summed E-state index contributed by atoms with van der Waals surface area (Å²) in [5, 5.41) is 11.9. The fraction of sp³-hybridized carbons (Fsp3) is 0.565. The van der Waals surface area contributed by atoms with E-state index >= 15 is 0 Å². The smallest absolute Gasteiger partial charge is 0.410 e. The third-order valence-electron chi connectivity index (χ3n) is 5.62. The first kappa shape index (κ1) is 23.8. The first-order valence-electron chi connectivity index (χ1n) is 11.2. The zero-order valence-corrected chi connectivity index (χ0v) is 21.6. The molecule has 1 amide bonds. The van der Waals surface area contributed by atoms with Crippen LogP contribution in [0.2, 0.25) is 0 Å². The maximum Gasteiger partial charge on any atom is 0.410 e. The van der Waals surface area contributed by atoms with Gasteiger partial charge in [-0.25, -0.2) is 4.79 Å². The third kappa shape index (κ3) is 5.59. The van der Waals surface area contributed by atoms with Crippen molar-refractivity contribution in [1.82, 2.24) is 19.7 Å². The number of methoxy groups -OCH3 is 1. The first-order valence-corrected chi connectivity index (χ1v) is 12.3. The highest BCUT2D eigenvalue weighted by Crippen LogP contribution is 2.38. The van der Waals surface area contributed by atoms with E-state index in [2.05, 4.69) is 38.1 Å². The van der Waals surface area contributed by atoms with Crippen molar-refractivity contribution in [3.05, 3.63) is 32.1 Å². The number of hydrogen-bond acceptors (Lipinski definition) is 7. The molecule has 1 aromatic heterocycles. The summed E-state index contributed by atoms with van der Waals surface area (Å²) in [6, 6.07) is 5.80. The highest BCUT2D eigenvalue weighted by atomic mass is 127. The molecule has 1 N–H and O–H groups in total. The summed E-state index contributed by atoms with van der Waals surface area (Å²) >= 11 is 2.22. The van der Waals surface area contributed by atoms with Crippen LogP contribution < -0.4 is 15.6 Å². The van der Waals surface area contributed by atoms with E-state index in [4.69, 9.17) is 9.47 Å². The number of ether oxygens (including phenoxy) is 2. The van der Waals surface area contributed by atoms with Crippen molar-refractivity contribution < 1.29 is 14.3 Å². The van der Waals surface area contributed by atoms with Crippen molar-refractivity contribution in [3.8, 4) is 17.1 Å². The van der Waals surface area contributed by atoms with E-state index in [1.165, 1.54) is 0 Å². The monoisotopic (exact) mass is 567 g/mol. The highest BCUT2D eigenvalue weighted by molar-refractivity contribution is 14.1. The van der Waals surface area contributed by atoms with Crippen LogP contribution in [0, 0.1) is 3.57 Å². The Balaban J connectivity index is 1.58. The van der Waals surface area contributed by atoms with Crippen molar-refractivity contribution in [3.63, 3.8) is 0 Å². The predicted molar refractivity (Wildman–Crippen MR) is 134 cm³/mol. The van der Waals surface area contributed by atoms with Crippen LogP contribution in [0.4, 0.5) is 10.6 Å². The van der Waals surface area contributed by atoms with E-state index in [0.717, 1.165) is 34.8 Å². The van der Waals surface area contributed by atoms with Gasteiger partial charge in [-0.1, -0.05) is 0 Å². The molecule has 33 heavy (non-hydrogen) atoms. The van der Waals surface area contributed by atoms with E-state index in [0.29, 0.717) is 24.7 Å². The van der Waals surface area contributed by atoms with Crippen LogP contribution in [0.5, 0.6) is 5.75 Å². The number of halogens is 1. The number of likely N-dealkylation sites (tertiary alicyclic amines) is 1. The van der Waals surface area contributed by atoms with Gasteiger partial charge in [0.15, 0.2) is 5.82 Å². The molecule has 10 heteroatoms. The average molecular weight is 567 g/mol. The normalized spacial score (nSPS) is 18.7. The molecule has 0 unspecified atom stereocenters. The summed E-state index contributed by atoms with van der Waals surface area (Å²) in [5.74, 6) is 1.39. The van der Waals surface area contributed by atoms with E-state index in [1.54, 1.807) is 16.6 Å². The molecule has 2 fully saturated rings. The van der Waals surface area contributed by atoms with Gasteiger partial charge >= 0.3 is 6.09 Å². The molecule has 0 bridgehead atoms. The fourth-order valence-corrected chi connectivity index (χ4v) is 4.44. The number of carbonyl (C=O) groups excluding carboxylic acids is 1. The number of piperidine rings is 1. The van der Waals surface area contributed by atoms with Crippen LogP contribution in [0.25, 0.3) is 11.4 Å². The predicted octanol–water partition coefficient (Wildman–Crippen LogP) is 4.06. The number of anilines is 1. The summed E-state index contributed by atoms with van der Waals surface area (Å²) in [7, 11) is 1.61. The van der Waals surface area contributed by atoms with E-state index in [-0.39, 0.29) is 29.6 Å². The van der Waals surface area contributed by atoms with Crippen molar-refractivity contribution >= 4 is 34.5 Å². The van der Waals surface area contributed by atoms with Crippen molar-refractivity contribution in [2.75, 3.05) is 25.5 Å². The zero-order valence-electron chi connectivity index (χ0n) is 19.4. The number of aromatic nitrogens is 3. The third-order valence-corrected chi connectivity index (χ3v) is 6.30. The van der Waals surface area contributed by atoms with Crippen LogP contribution in [-0.2, 0) is 4.74 Å². The van der Waals surface area contributed by atoms with Gasteiger partial charge in [0, 0.05) is 28.7 Å². The van der Waals surface area contributed by atoms with E-state index < -0.39 is 5.60 Å². The minimum atomic E-state index is -0.548. The number of amides is 1. The second-order valence-corrected chi connectivity index (χ2v) is 10.8. The van der Waals surface area contributed by atoms with Crippen LogP contribution in [0.15, 0.2) is 23.0 Å². The van der Waals surface area contributed by atoms with Crippen molar-refractivity contribution in [1.29, 1.82) is 0 Å². The Kier molecular flexibility index (Phi) is 6.83. The average Bonchev–Trinajstić information content (AvgIpc) is 3.59. The topological polar surface area (TPSA) is 98.6 Å². The van der Waals surface area contributed by atoms with Gasteiger partial charge in [-0.15, -0.1) is 10.2 Å². The van der Waals surface area contributed by atoms with Crippen LogP contribution in [0.1, 0.15) is 52.5 Å². The van der Waals surface area contributed by atoms with Gasteiger partial charge in [0.2, 0.25) is 5.82 Å². The SMILES string of the molecule is COc1cc(I)ccc1-c1nnc(N[C@@H]2CCCN(C(=O)OC(C)(C)C)C2)c(=O)n1C1CC1. The summed E-state index contributed by atoms with van der Waals surface area (Å²) < 4.78 is 13.8. The lowest BCUT2D eigenvalue weighted by Gasteiger charge is -2.34.